The van der Waals surface area contributed by atoms with Crippen molar-refractivity contribution in [2.45, 2.75) is 45.7 Å². The van der Waals surface area contributed by atoms with Gasteiger partial charge in [-0.15, -0.1) is 0 Å². The van der Waals surface area contributed by atoms with Gasteiger partial charge in [-0.3, -0.25) is 9.67 Å². The molecule has 2 aromatic heterocycles. The van der Waals surface area contributed by atoms with Gasteiger partial charge in [-0.2, -0.15) is 5.10 Å². The zero-order chi connectivity index (χ0) is 14.2. The van der Waals surface area contributed by atoms with Gasteiger partial charge in [0.25, 0.3) is 0 Å². The van der Waals surface area contributed by atoms with E-state index in [1.807, 2.05) is 18.6 Å². The van der Waals surface area contributed by atoms with E-state index in [0.29, 0.717) is 6.04 Å². The standard InChI is InChI=1S/C16H24N4/c1-3-13-20-16(9-12-19-20)15(18-4-2)6-5-14-7-10-17-11-8-14/h7-12,15,18H,3-6,13H2,1-2H3. The van der Waals surface area contributed by atoms with E-state index in [0.717, 1.165) is 32.4 Å². The molecule has 1 unspecified atom stereocenters. The summed E-state index contributed by atoms with van der Waals surface area (Å²) in [5.41, 5.74) is 2.63. The maximum absolute atomic E-state index is 4.43. The second-order valence-electron chi connectivity index (χ2n) is 4.98. The fourth-order valence-corrected chi connectivity index (χ4v) is 2.50. The van der Waals surface area contributed by atoms with E-state index in [9.17, 15) is 0 Å². The van der Waals surface area contributed by atoms with Gasteiger partial charge in [-0.1, -0.05) is 13.8 Å². The van der Waals surface area contributed by atoms with Crippen LogP contribution in [0, 0.1) is 0 Å². The van der Waals surface area contributed by atoms with Gasteiger partial charge >= 0.3 is 0 Å². The van der Waals surface area contributed by atoms with Gasteiger partial charge in [-0.05, 0) is 49.6 Å². The lowest BCUT2D eigenvalue weighted by Gasteiger charge is -2.19. The fraction of sp³-hybridized carbons (Fsp3) is 0.500. The Hall–Kier alpha value is -1.68. The van der Waals surface area contributed by atoms with Crippen molar-refractivity contribution < 1.29 is 0 Å². The highest BCUT2D eigenvalue weighted by Crippen LogP contribution is 2.19. The summed E-state index contributed by atoms with van der Waals surface area (Å²) in [6, 6.07) is 6.68. The largest absolute Gasteiger partial charge is 0.309 e. The molecule has 0 bridgehead atoms. The van der Waals surface area contributed by atoms with E-state index in [2.05, 4.69) is 52.1 Å². The molecular weight excluding hydrogens is 248 g/mol. The van der Waals surface area contributed by atoms with Crippen LogP contribution >= 0.6 is 0 Å². The van der Waals surface area contributed by atoms with E-state index in [1.54, 1.807) is 0 Å². The van der Waals surface area contributed by atoms with Crippen LogP contribution in [0.1, 0.15) is 44.0 Å². The van der Waals surface area contributed by atoms with Crippen LogP contribution in [-0.2, 0) is 13.0 Å². The van der Waals surface area contributed by atoms with Crippen molar-refractivity contribution in [3.05, 3.63) is 48.0 Å². The molecular formula is C16H24N4. The molecule has 0 spiro atoms. The van der Waals surface area contributed by atoms with Gasteiger partial charge in [0.05, 0.1) is 5.69 Å². The molecule has 0 aliphatic carbocycles. The number of nitrogens with one attached hydrogen (secondary N) is 1. The Kier molecular flexibility index (Phi) is 5.74. The number of nitrogens with zero attached hydrogens (tertiary/aromatic N) is 3. The Balaban J connectivity index is 2.04. The molecule has 0 aromatic carbocycles. The van der Waals surface area contributed by atoms with Crippen LogP contribution in [0.25, 0.3) is 0 Å². The summed E-state index contributed by atoms with van der Waals surface area (Å²) >= 11 is 0. The Morgan fingerprint density at radius 2 is 1.95 bits per heavy atom. The van der Waals surface area contributed by atoms with Crippen LogP contribution in [0.3, 0.4) is 0 Å². The smallest absolute Gasteiger partial charge is 0.0553 e. The van der Waals surface area contributed by atoms with Crippen LogP contribution in [0.4, 0.5) is 0 Å². The molecule has 2 aromatic rings. The van der Waals surface area contributed by atoms with Crippen molar-refractivity contribution in [1.29, 1.82) is 0 Å². The summed E-state index contributed by atoms with van der Waals surface area (Å²) in [6.45, 7) is 6.29. The summed E-state index contributed by atoms with van der Waals surface area (Å²) < 4.78 is 2.12. The Labute approximate surface area is 121 Å². The van der Waals surface area contributed by atoms with E-state index < -0.39 is 0 Å². The van der Waals surface area contributed by atoms with Crippen LogP contribution in [0.2, 0.25) is 0 Å². The third kappa shape index (κ3) is 3.90. The molecule has 0 saturated carbocycles. The number of hydrogen-bond donors (Lipinski definition) is 1. The molecule has 20 heavy (non-hydrogen) atoms. The normalized spacial score (nSPS) is 12.5. The average molecular weight is 272 g/mol. The van der Waals surface area contributed by atoms with Crippen molar-refractivity contribution in [2.75, 3.05) is 6.54 Å². The van der Waals surface area contributed by atoms with E-state index in [4.69, 9.17) is 0 Å². The summed E-state index contributed by atoms with van der Waals surface area (Å²) in [5.74, 6) is 0. The van der Waals surface area contributed by atoms with Gasteiger partial charge in [0, 0.05) is 31.2 Å². The zero-order valence-electron chi connectivity index (χ0n) is 12.4. The Bertz CT molecular complexity index is 492. The van der Waals surface area contributed by atoms with Gasteiger partial charge in [0.15, 0.2) is 0 Å². The maximum Gasteiger partial charge on any atom is 0.0553 e. The Morgan fingerprint density at radius 3 is 2.65 bits per heavy atom. The molecule has 4 heteroatoms. The van der Waals surface area contributed by atoms with E-state index >= 15 is 0 Å². The van der Waals surface area contributed by atoms with Crippen molar-refractivity contribution in [1.82, 2.24) is 20.1 Å². The highest BCUT2D eigenvalue weighted by atomic mass is 15.3. The molecule has 0 fully saturated rings. The monoisotopic (exact) mass is 272 g/mol. The summed E-state index contributed by atoms with van der Waals surface area (Å²) in [5, 5.41) is 8.01. The molecule has 0 aliphatic rings. The first kappa shape index (κ1) is 14.7. The highest BCUT2D eigenvalue weighted by molar-refractivity contribution is 5.12. The molecule has 1 N–H and O–H groups in total. The lowest BCUT2D eigenvalue weighted by Crippen LogP contribution is -2.24. The number of aromatic nitrogens is 3. The predicted octanol–water partition coefficient (Wildman–Crippen LogP) is 2.97. The molecule has 108 valence electrons. The minimum absolute atomic E-state index is 0.363. The predicted molar refractivity (Wildman–Crippen MR) is 81.5 cm³/mol. The minimum Gasteiger partial charge on any atom is -0.309 e. The van der Waals surface area contributed by atoms with Crippen molar-refractivity contribution >= 4 is 0 Å². The quantitative estimate of drug-likeness (QED) is 0.803. The van der Waals surface area contributed by atoms with Gasteiger partial charge in [-0.25, -0.2) is 0 Å². The molecule has 0 aliphatic heterocycles. The molecule has 4 nitrogen and oxygen atoms in total. The van der Waals surface area contributed by atoms with Crippen LogP contribution in [-0.4, -0.2) is 21.3 Å². The van der Waals surface area contributed by atoms with Gasteiger partial charge in [0.1, 0.15) is 0 Å². The topological polar surface area (TPSA) is 42.7 Å². The van der Waals surface area contributed by atoms with E-state index in [1.165, 1.54) is 11.3 Å². The Morgan fingerprint density at radius 1 is 1.15 bits per heavy atom. The summed E-state index contributed by atoms with van der Waals surface area (Å²) in [6.07, 6.45) is 8.86. The molecule has 2 heterocycles. The van der Waals surface area contributed by atoms with Crippen LogP contribution < -0.4 is 5.32 Å². The number of pyridine rings is 1. The molecule has 0 amide bonds. The average Bonchev–Trinajstić information content (AvgIpc) is 2.93. The molecule has 1 atom stereocenters. The highest BCUT2D eigenvalue weighted by Gasteiger charge is 2.14. The van der Waals surface area contributed by atoms with Gasteiger partial charge < -0.3 is 5.32 Å². The van der Waals surface area contributed by atoms with Crippen molar-refractivity contribution in [2.24, 2.45) is 0 Å². The van der Waals surface area contributed by atoms with Crippen molar-refractivity contribution in [3.63, 3.8) is 0 Å². The lowest BCUT2D eigenvalue weighted by atomic mass is 10.0. The second kappa shape index (κ2) is 7.80. The number of aryl methyl sites for hydroxylation is 2. The number of hydrogen-bond acceptors (Lipinski definition) is 3. The van der Waals surface area contributed by atoms with E-state index in [-0.39, 0.29) is 0 Å². The number of rotatable bonds is 8. The molecule has 0 radical (unpaired) electrons. The second-order valence-corrected chi connectivity index (χ2v) is 4.98. The minimum atomic E-state index is 0.363. The summed E-state index contributed by atoms with van der Waals surface area (Å²) in [4.78, 5) is 4.07. The third-order valence-corrected chi connectivity index (χ3v) is 3.46. The third-order valence-electron chi connectivity index (χ3n) is 3.46. The zero-order valence-corrected chi connectivity index (χ0v) is 12.4. The maximum atomic E-state index is 4.43. The van der Waals surface area contributed by atoms with Gasteiger partial charge in [0.2, 0.25) is 0 Å². The first-order valence-corrected chi connectivity index (χ1v) is 7.49. The first-order valence-electron chi connectivity index (χ1n) is 7.49. The SMILES string of the molecule is CCCn1nccc1C(CCc1ccncc1)NCC. The lowest BCUT2D eigenvalue weighted by molar-refractivity contribution is 0.458. The molecule has 2 rings (SSSR count). The van der Waals surface area contributed by atoms with Crippen molar-refractivity contribution in [3.8, 4) is 0 Å². The summed E-state index contributed by atoms with van der Waals surface area (Å²) in [7, 11) is 0. The van der Waals surface area contributed by atoms with Crippen LogP contribution in [0.15, 0.2) is 36.8 Å². The first-order chi connectivity index (χ1) is 9.85. The molecule has 0 saturated heterocycles. The van der Waals surface area contributed by atoms with Crippen LogP contribution in [0.5, 0.6) is 0 Å². The fourth-order valence-electron chi connectivity index (χ4n) is 2.50.